The van der Waals surface area contributed by atoms with Gasteiger partial charge in [0.1, 0.15) is 5.82 Å². The number of nitrogens with one attached hydrogen (secondary N) is 1. The van der Waals surface area contributed by atoms with Crippen LogP contribution in [0.15, 0.2) is 18.3 Å². The molecule has 0 amide bonds. The predicted octanol–water partition coefficient (Wildman–Crippen LogP) is 1.75. The quantitative estimate of drug-likeness (QED) is 0.910. The van der Waals surface area contributed by atoms with Crippen molar-refractivity contribution in [1.29, 1.82) is 0 Å². The molecule has 19 heavy (non-hydrogen) atoms. The minimum Gasteiger partial charge on any atom is -0.316 e. The van der Waals surface area contributed by atoms with Crippen LogP contribution in [0.4, 0.5) is 0 Å². The molecule has 1 aliphatic rings. The first-order valence-electron chi connectivity index (χ1n) is 6.86. The lowest BCUT2D eigenvalue weighted by Crippen LogP contribution is -2.11. The van der Waals surface area contributed by atoms with E-state index < -0.39 is 0 Å². The van der Waals surface area contributed by atoms with Crippen LogP contribution >= 0.6 is 0 Å². The fourth-order valence-electron chi connectivity index (χ4n) is 2.58. The third kappa shape index (κ3) is 2.38. The van der Waals surface area contributed by atoms with Crippen molar-refractivity contribution in [3.63, 3.8) is 0 Å². The molecule has 1 aliphatic heterocycles. The van der Waals surface area contributed by atoms with Crippen LogP contribution < -0.4 is 5.32 Å². The number of rotatable bonds is 3. The van der Waals surface area contributed by atoms with Crippen molar-refractivity contribution >= 4 is 0 Å². The molecule has 5 heteroatoms. The molecule has 3 heterocycles. The summed E-state index contributed by atoms with van der Waals surface area (Å²) in [6.45, 7) is 7.02. The molecule has 1 atom stereocenters. The number of hydrogen-bond donors (Lipinski definition) is 1. The van der Waals surface area contributed by atoms with Crippen LogP contribution in [0.3, 0.4) is 0 Å². The topological polar surface area (TPSA) is 55.6 Å². The molecule has 3 rings (SSSR count). The van der Waals surface area contributed by atoms with Crippen LogP contribution in [0.1, 0.15) is 30.8 Å². The van der Waals surface area contributed by atoms with Crippen LogP contribution in [0.2, 0.25) is 0 Å². The third-order valence-corrected chi connectivity index (χ3v) is 3.58. The summed E-state index contributed by atoms with van der Waals surface area (Å²) in [6.07, 6.45) is 2.95. The zero-order chi connectivity index (χ0) is 13.2. The highest BCUT2D eigenvalue weighted by Gasteiger charge is 2.20. The summed E-state index contributed by atoms with van der Waals surface area (Å²) in [4.78, 5) is 9.36. The van der Waals surface area contributed by atoms with E-state index in [4.69, 9.17) is 4.98 Å². The van der Waals surface area contributed by atoms with E-state index in [1.165, 1.54) is 0 Å². The van der Waals surface area contributed by atoms with E-state index in [0.717, 1.165) is 49.0 Å². The molecule has 0 aromatic carbocycles. The van der Waals surface area contributed by atoms with Crippen molar-refractivity contribution in [2.24, 2.45) is 0 Å². The molecule has 1 fully saturated rings. The van der Waals surface area contributed by atoms with Gasteiger partial charge in [0.05, 0.1) is 11.4 Å². The summed E-state index contributed by atoms with van der Waals surface area (Å²) in [5.74, 6) is 1.40. The van der Waals surface area contributed by atoms with Crippen LogP contribution in [-0.2, 0) is 6.54 Å². The van der Waals surface area contributed by atoms with Gasteiger partial charge in [-0.2, -0.15) is 5.10 Å². The van der Waals surface area contributed by atoms with Gasteiger partial charge in [-0.3, -0.25) is 4.68 Å². The van der Waals surface area contributed by atoms with Gasteiger partial charge in [-0.1, -0.05) is 0 Å². The average molecular weight is 257 g/mol. The monoisotopic (exact) mass is 257 g/mol. The van der Waals surface area contributed by atoms with Crippen LogP contribution in [0, 0.1) is 6.92 Å². The van der Waals surface area contributed by atoms with Crippen molar-refractivity contribution in [2.45, 2.75) is 32.7 Å². The maximum atomic E-state index is 4.75. The highest BCUT2D eigenvalue weighted by molar-refractivity contribution is 5.54. The highest BCUT2D eigenvalue weighted by Crippen LogP contribution is 2.23. The second kappa shape index (κ2) is 5.09. The normalized spacial score (nSPS) is 18.9. The Bertz CT molecular complexity index is 569. The summed E-state index contributed by atoms with van der Waals surface area (Å²) < 4.78 is 1.97. The molecule has 0 unspecified atom stereocenters. The Hall–Kier alpha value is -1.75. The van der Waals surface area contributed by atoms with Crippen molar-refractivity contribution in [2.75, 3.05) is 13.1 Å². The molecule has 2 aromatic rings. The third-order valence-electron chi connectivity index (χ3n) is 3.58. The molecule has 0 bridgehead atoms. The number of hydrogen-bond acceptors (Lipinski definition) is 4. The van der Waals surface area contributed by atoms with E-state index in [1.54, 1.807) is 0 Å². The predicted molar refractivity (Wildman–Crippen MR) is 73.9 cm³/mol. The summed E-state index contributed by atoms with van der Waals surface area (Å²) in [6, 6.07) is 4.05. The Morgan fingerprint density at radius 1 is 1.42 bits per heavy atom. The van der Waals surface area contributed by atoms with Gasteiger partial charge in [-0.15, -0.1) is 0 Å². The van der Waals surface area contributed by atoms with Gasteiger partial charge in [0, 0.05) is 30.9 Å². The van der Waals surface area contributed by atoms with Crippen molar-refractivity contribution in [3.8, 4) is 11.4 Å². The zero-order valence-corrected chi connectivity index (χ0v) is 11.4. The van der Waals surface area contributed by atoms with Crippen LogP contribution in [0.5, 0.6) is 0 Å². The SMILES string of the molecule is CCn1nccc1-c1cc(C)nc([C@H]2CCNC2)n1. The lowest BCUT2D eigenvalue weighted by atomic mass is 10.1. The largest absolute Gasteiger partial charge is 0.316 e. The number of aryl methyl sites for hydroxylation is 2. The second-order valence-electron chi connectivity index (χ2n) is 4.97. The second-order valence-corrected chi connectivity index (χ2v) is 4.97. The number of aromatic nitrogens is 4. The Labute approximate surface area is 113 Å². The fraction of sp³-hybridized carbons (Fsp3) is 0.500. The molecule has 1 N–H and O–H groups in total. The van der Waals surface area contributed by atoms with E-state index in [0.29, 0.717) is 5.92 Å². The summed E-state index contributed by atoms with van der Waals surface area (Å²) in [5.41, 5.74) is 3.07. The summed E-state index contributed by atoms with van der Waals surface area (Å²) >= 11 is 0. The Kier molecular flexibility index (Phi) is 3.29. The molecule has 0 radical (unpaired) electrons. The van der Waals surface area contributed by atoms with Gasteiger partial charge < -0.3 is 5.32 Å². The lowest BCUT2D eigenvalue weighted by Gasteiger charge is -2.11. The van der Waals surface area contributed by atoms with E-state index in [-0.39, 0.29) is 0 Å². The Morgan fingerprint density at radius 3 is 3.05 bits per heavy atom. The molecule has 0 saturated carbocycles. The van der Waals surface area contributed by atoms with Gasteiger partial charge in [0.25, 0.3) is 0 Å². The average Bonchev–Trinajstić information content (AvgIpc) is 3.09. The minimum atomic E-state index is 0.441. The maximum Gasteiger partial charge on any atom is 0.133 e. The molecule has 2 aromatic heterocycles. The first-order chi connectivity index (χ1) is 9.28. The molecule has 0 spiro atoms. The fourth-order valence-corrected chi connectivity index (χ4v) is 2.58. The molecule has 5 nitrogen and oxygen atoms in total. The van der Waals surface area contributed by atoms with E-state index in [1.807, 2.05) is 29.9 Å². The van der Waals surface area contributed by atoms with Crippen molar-refractivity contribution in [3.05, 3.63) is 29.8 Å². The maximum absolute atomic E-state index is 4.75. The van der Waals surface area contributed by atoms with E-state index >= 15 is 0 Å². The first kappa shape index (κ1) is 12.3. The minimum absolute atomic E-state index is 0.441. The zero-order valence-electron chi connectivity index (χ0n) is 11.4. The molecular formula is C14H19N5. The van der Waals surface area contributed by atoms with Gasteiger partial charge >= 0.3 is 0 Å². The van der Waals surface area contributed by atoms with Crippen molar-refractivity contribution in [1.82, 2.24) is 25.1 Å². The Morgan fingerprint density at radius 2 is 2.32 bits per heavy atom. The van der Waals surface area contributed by atoms with E-state index in [9.17, 15) is 0 Å². The van der Waals surface area contributed by atoms with Gasteiger partial charge in [0.15, 0.2) is 0 Å². The van der Waals surface area contributed by atoms with Crippen LogP contribution in [-0.4, -0.2) is 32.8 Å². The van der Waals surface area contributed by atoms with Crippen molar-refractivity contribution < 1.29 is 0 Å². The highest BCUT2D eigenvalue weighted by atomic mass is 15.3. The number of nitrogens with zero attached hydrogens (tertiary/aromatic N) is 4. The van der Waals surface area contributed by atoms with Crippen LogP contribution in [0.25, 0.3) is 11.4 Å². The molecule has 1 saturated heterocycles. The van der Waals surface area contributed by atoms with Gasteiger partial charge in [0.2, 0.25) is 0 Å². The Balaban J connectivity index is 2.02. The van der Waals surface area contributed by atoms with E-state index in [2.05, 4.69) is 22.3 Å². The smallest absolute Gasteiger partial charge is 0.133 e. The molecular weight excluding hydrogens is 238 g/mol. The first-order valence-corrected chi connectivity index (χ1v) is 6.86. The standard InChI is InChI=1S/C14H19N5/c1-3-19-13(5-7-16-19)12-8-10(2)17-14(18-12)11-4-6-15-9-11/h5,7-8,11,15H,3-4,6,9H2,1-2H3/t11-/m0/s1. The van der Waals surface area contributed by atoms with Gasteiger partial charge in [-0.05, 0) is 38.9 Å². The molecule has 0 aliphatic carbocycles. The molecule has 100 valence electrons. The summed E-state index contributed by atoms with van der Waals surface area (Å²) in [7, 11) is 0. The lowest BCUT2D eigenvalue weighted by molar-refractivity contribution is 0.661. The summed E-state index contributed by atoms with van der Waals surface area (Å²) in [5, 5.41) is 7.68. The van der Waals surface area contributed by atoms with Gasteiger partial charge in [-0.25, -0.2) is 9.97 Å².